The molecule has 5 aromatic heterocycles. The normalized spacial score (nSPS) is 17.4. The Kier molecular flexibility index (Phi) is 5.67. The lowest BCUT2D eigenvalue weighted by molar-refractivity contribution is -0.138. The van der Waals surface area contributed by atoms with Gasteiger partial charge in [0.1, 0.15) is 16.7 Å². The molecule has 0 unspecified atom stereocenters. The van der Waals surface area contributed by atoms with Gasteiger partial charge in [-0.05, 0) is 18.9 Å². The molecule has 5 aromatic rings. The lowest BCUT2D eigenvalue weighted by atomic mass is 9.89. The maximum atomic E-state index is 13.7. The lowest BCUT2D eigenvalue weighted by Gasteiger charge is -2.34. The summed E-state index contributed by atoms with van der Waals surface area (Å²) in [5.74, 6) is 0.931. The van der Waals surface area contributed by atoms with E-state index in [-0.39, 0.29) is 28.8 Å². The summed E-state index contributed by atoms with van der Waals surface area (Å²) < 4.78 is 56.6. The summed E-state index contributed by atoms with van der Waals surface area (Å²) in [4.78, 5) is 25.9. The molecule has 0 amide bonds. The number of aryl methyl sites for hydroxylation is 1. The highest BCUT2D eigenvalue weighted by molar-refractivity contribution is 5.85. The van der Waals surface area contributed by atoms with Gasteiger partial charge in [0.25, 0.3) is 5.56 Å². The molecule has 0 bridgehead atoms. The summed E-state index contributed by atoms with van der Waals surface area (Å²) in [6.45, 7) is 0. The van der Waals surface area contributed by atoms with Crippen LogP contribution in [0.25, 0.3) is 16.7 Å². The van der Waals surface area contributed by atoms with Crippen LogP contribution in [0.15, 0.2) is 48.0 Å². The van der Waals surface area contributed by atoms with E-state index in [1.54, 1.807) is 30.2 Å². The number of rotatable bonds is 6. The number of fused-ring (bicyclic) bond motifs is 2. The number of aliphatic hydroxyl groups is 1. The van der Waals surface area contributed by atoms with Crippen LogP contribution in [0.3, 0.4) is 0 Å². The topological polar surface area (TPSA) is 134 Å². The molecule has 39 heavy (non-hydrogen) atoms. The molecule has 1 fully saturated rings. The van der Waals surface area contributed by atoms with E-state index in [4.69, 9.17) is 9.47 Å². The highest BCUT2D eigenvalue weighted by Gasteiger charge is 2.36. The van der Waals surface area contributed by atoms with Crippen LogP contribution in [0.4, 0.5) is 24.8 Å². The Bertz CT molecular complexity index is 1780. The Balaban J connectivity index is 1.41. The largest absolute Gasteiger partial charge is 0.491 e. The molecule has 1 aliphatic rings. The highest BCUT2D eigenvalue weighted by atomic mass is 19.4. The van der Waals surface area contributed by atoms with Crippen LogP contribution in [-0.2, 0) is 13.2 Å². The number of anilines is 2. The minimum atomic E-state index is -4.71. The van der Waals surface area contributed by atoms with Gasteiger partial charge in [-0.1, -0.05) is 0 Å². The number of pyridine rings is 2. The van der Waals surface area contributed by atoms with Gasteiger partial charge in [-0.15, -0.1) is 0 Å². The minimum absolute atomic E-state index is 0.0465. The lowest BCUT2D eigenvalue weighted by Crippen LogP contribution is -2.40. The van der Waals surface area contributed by atoms with Gasteiger partial charge in [-0.25, -0.2) is 9.50 Å². The number of ether oxygens (including phenoxy) is 2. The van der Waals surface area contributed by atoms with Gasteiger partial charge in [-0.3, -0.25) is 9.78 Å². The first-order valence-corrected chi connectivity index (χ1v) is 11.8. The summed E-state index contributed by atoms with van der Waals surface area (Å²) in [7, 11) is 3.02. The predicted octanol–water partition coefficient (Wildman–Crippen LogP) is 3.43. The van der Waals surface area contributed by atoms with E-state index in [1.807, 2.05) is 0 Å². The Morgan fingerprint density at radius 1 is 1.18 bits per heavy atom. The van der Waals surface area contributed by atoms with Crippen molar-refractivity contribution in [2.24, 2.45) is 7.05 Å². The number of halogens is 3. The monoisotopic (exact) mass is 542 g/mol. The number of alkyl halides is 3. The number of nitrogens with zero attached hydrogens (tertiary/aromatic N) is 7. The second-order valence-electron chi connectivity index (χ2n) is 9.03. The maximum Gasteiger partial charge on any atom is 0.417 e. The third kappa shape index (κ3) is 4.10. The Labute approximate surface area is 217 Å². The first kappa shape index (κ1) is 24.7. The maximum absolute atomic E-state index is 13.7. The van der Waals surface area contributed by atoms with Gasteiger partial charge in [-0.2, -0.15) is 23.3 Å². The molecule has 0 aromatic carbocycles. The quantitative estimate of drug-likeness (QED) is 0.331. The Hall–Kier alpha value is -4.66. The third-order valence-corrected chi connectivity index (χ3v) is 6.71. The van der Waals surface area contributed by atoms with Crippen LogP contribution in [-0.4, -0.2) is 52.0 Å². The van der Waals surface area contributed by atoms with E-state index in [0.717, 1.165) is 16.8 Å². The van der Waals surface area contributed by atoms with E-state index in [0.29, 0.717) is 29.6 Å². The average molecular weight is 542 g/mol. The molecular formula is C24H21F3N8O4. The van der Waals surface area contributed by atoms with E-state index in [2.05, 4.69) is 25.4 Å². The van der Waals surface area contributed by atoms with Crippen molar-refractivity contribution in [2.75, 3.05) is 12.4 Å². The van der Waals surface area contributed by atoms with Crippen LogP contribution < -0.4 is 20.3 Å². The molecule has 0 aliphatic heterocycles. The van der Waals surface area contributed by atoms with Crippen molar-refractivity contribution in [3.05, 3.63) is 59.2 Å². The van der Waals surface area contributed by atoms with Gasteiger partial charge < -0.3 is 29.0 Å². The van der Waals surface area contributed by atoms with Gasteiger partial charge in [0.15, 0.2) is 22.9 Å². The van der Waals surface area contributed by atoms with Crippen molar-refractivity contribution < 1.29 is 27.8 Å². The molecule has 0 saturated heterocycles. The van der Waals surface area contributed by atoms with Crippen LogP contribution in [0.2, 0.25) is 0 Å². The van der Waals surface area contributed by atoms with Crippen LogP contribution >= 0.6 is 0 Å². The van der Waals surface area contributed by atoms with Crippen molar-refractivity contribution in [3.63, 3.8) is 0 Å². The first-order chi connectivity index (χ1) is 18.7. The van der Waals surface area contributed by atoms with Crippen molar-refractivity contribution in [3.8, 4) is 17.2 Å². The number of aromatic nitrogens is 7. The molecule has 1 saturated carbocycles. The molecule has 12 nitrogen and oxygen atoms in total. The number of hydrogen-bond donors (Lipinski definition) is 2. The number of nitrogens with one attached hydrogen (secondary N) is 1. The number of hydrogen-bond acceptors (Lipinski definition) is 9. The zero-order chi connectivity index (χ0) is 27.5. The SMILES string of the molecule is COc1c(Oc2cnn3ccncc23)cnc2nc(Nc3cc(C(F)(F)F)cn([C@@H]4CC[C@@H]4O)c3=O)n(C)c12. The van der Waals surface area contributed by atoms with Gasteiger partial charge >= 0.3 is 6.18 Å². The fourth-order valence-corrected chi connectivity index (χ4v) is 4.52. The zero-order valence-corrected chi connectivity index (χ0v) is 20.5. The van der Waals surface area contributed by atoms with Gasteiger partial charge in [0, 0.05) is 25.6 Å². The summed E-state index contributed by atoms with van der Waals surface area (Å²) in [5.41, 5.74) is -0.927. The second kappa shape index (κ2) is 8.97. The molecular weight excluding hydrogens is 521 g/mol. The van der Waals surface area contributed by atoms with Crippen molar-refractivity contribution >= 4 is 28.3 Å². The van der Waals surface area contributed by atoms with E-state index in [1.165, 1.54) is 24.1 Å². The van der Waals surface area contributed by atoms with Crippen LogP contribution in [0, 0.1) is 0 Å². The molecule has 15 heteroatoms. The fraction of sp³-hybridized carbons (Fsp3) is 0.292. The van der Waals surface area contributed by atoms with Crippen molar-refractivity contribution in [2.45, 2.75) is 31.2 Å². The summed E-state index contributed by atoms with van der Waals surface area (Å²) in [5, 5.41) is 16.9. The summed E-state index contributed by atoms with van der Waals surface area (Å²) >= 11 is 0. The minimum Gasteiger partial charge on any atom is -0.491 e. The molecule has 2 N–H and O–H groups in total. The molecule has 1 aliphatic carbocycles. The van der Waals surface area contributed by atoms with Crippen molar-refractivity contribution in [1.82, 2.24) is 33.7 Å². The number of methoxy groups -OCH3 is 1. The van der Waals surface area contributed by atoms with Crippen molar-refractivity contribution in [1.29, 1.82) is 0 Å². The van der Waals surface area contributed by atoms with E-state index < -0.39 is 29.4 Å². The van der Waals surface area contributed by atoms with Crippen LogP contribution in [0.5, 0.6) is 17.2 Å². The number of aliphatic hydroxyl groups excluding tert-OH is 1. The Morgan fingerprint density at radius 2 is 2.00 bits per heavy atom. The standard InChI is InChI=1S/C24H21F3N8O4/c1-33-19-20(38-2)18(39-17-10-30-35-6-5-28-8-15(17)35)9-29-21(19)32-23(33)31-13-7-12(24(25,26)27)11-34(22(13)37)14-3-4-16(14)36/h5-11,14,16,36H,3-4H2,1-2H3,(H,29,31,32)/t14-,16+/m1/s1. The molecule has 0 radical (unpaired) electrons. The number of imidazole rings is 1. The highest BCUT2D eigenvalue weighted by Crippen LogP contribution is 2.39. The summed E-state index contributed by atoms with van der Waals surface area (Å²) in [6, 6.07) is -0.0147. The fourth-order valence-electron chi connectivity index (χ4n) is 4.52. The zero-order valence-electron chi connectivity index (χ0n) is 20.5. The molecule has 0 spiro atoms. The summed E-state index contributed by atoms with van der Waals surface area (Å²) in [6.07, 6.45) is 3.65. The smallest absolute Gasteiger partial charge is 0.417 e. The molecule has 6 rings (SSSR count). The second-order valence-corrected chi connectivity index (χ2v) is 9.03. The van der Waals surface area contributed by atoms with Crippen LogP contribution in [0.1, 0.15) is 24.4 Å². The van der Waals surface area contributed by atoms with E-state index >= 15 is 0 Å². The van der Waals surface area contributed by atoms with Gasteiger partial charge in [0.05, 0.1) is 43.4 Å². The van der Waals surface area contributed by atoms with E-state index in [9.17, 15) is 23.1 Å². The molecule has 202 valence electrons. The Morgan fingerprint density at radius 3 is 2.69 bits per heavy atom. The molecule has 5 heterocycles. The molecule has 2 atom stereocenters. The first-order valence-electron chi connectivity index (χ1n) is 11.8. The third-order valence-electron chi connectivity index (χ3n) is 6.71. The predicted molar refractivity (Wildman–Crippen MR) is 131 cm³/mol. The average Bonchev–Trinajstić information content (AvgIpc) is 3.45. The van der Waals surface area contributed by atoms with Gasteiger partial charge in [0.2, 0.25) is 5.95 Å².